The van der Waals surface area contributed by atoms with E-state index in [2.05, 4.69) is 5.32 Å². The number of ketones is 1. The normalized spacial score (nSPS) is 11.6. The van der Waals surface area contributed by atoms with Crippen LogP contribution in [0.2, 0.25) is 0 Å². The highest BCUT2D eigenvalue weighted by Crippen LogP contribution is 2.19. The third-order valence-corrected chi connectivity index (χ3v) is 4.49. The van der Waals surface area contributed by atoms with Crippen molar-refractivity contribution in [2.45, 2.75) is 46.6 Å². The highest BCUT2D eigenvalue weighted by Gasteiger charge is 2.21. The lowest BCUT2D eigenvalue weighted by Crippen LogP contribution is -2.35. The summed E-state index contributed by atoms with van der Waals surface area (Å²) in [5.74, 6) is -1.28. The van der Waals surface area contributed by atoms with Crippen LogP contribution >= 0.6 is 0 Å². The molecular formula is C23H27NO4. The van der Waals surface area contributed by atoms with Gasteiger partial charge in [-0.1, -0.05) is 49.2 Å². The van der Waals surface area contributed by atoms with Gasteiger partial charge >= 0.3 is 5.97 Å². The summed E-state index contributed by atoms with van der Waals surface area (Å²) in [7, 11) is 0. The van der Waals surface area contributed by atoms with Crippen molar-refractivity contribution in [3.63, 3.8) is 0 Å². The Kier molecular flexibility index (Phi) is 7.50. The number of esters is 1. The van der Waals surface area contributed by atoms with E-state index in [1.165, 1.54) is 6.07 Å². The molecular weight excluding hydrogens is 354 g/mol. The van der Waals surface area contributed by atoms with E-state index >= 15 is 0 Å². The van der Waals surface area contributed by atoms with Crippen LogP contribution in [0.4, 0.5) is 0 Å². The summed E-state index contributed by atoms with van der Waals surface area (Å²) in [6.45, 7) is 7.33. The molecule has 0 fully saturated rings. The first-order valence-electron chi connectivity index (χ1n) is 9.51. The summed E-state index contributed by atoms with van der Waals surface area (Å²) >= 11 is 0. The first-order chi connectivity index (χ1) is 13.3. The lowest BCUT2D eigenvalue weighted by molar-refractivity contribution is -0.124. The molecule has 0 aliphatic rings. The van der Waals surface area contributed by atoms with Gasteiger partial charge < -0.3 is 10.1 Å². The molecule has 0 radical (unpaired) electrons. The Morgan fingerprint density at radius 1 is 1.00 bits per heavy atom. The molecule has 28 heavy (non-hydrogen) atoms. The zero-order valence-corrected chi connectivity index (χ0v) is 16.9. The standard InChI is InChI=1S/C23H27NO4/c1-5-8-17(4)24-21(25)14-28-23(27)19-10-7-6-9-18(19)22(26)20-13-15(2)11-12-16(20)3/h6-7,9-13,17H,5,8,14H2,1-4H3,(H,24,25). The highest BCUT2D eigenvalue weighted by molar-refractivity contribution is 6.15. The van der Waals surface area contributed by atoms with Gasteiger partial charge in [0.2, 0.25) is 0 Å². The number of nitrogens with one attached hydrogen (secondary N) is 1. The SMILES string of the molecule is CCCC(C)NC(=O)COC(=O)c1ccccc1C(=O)c1cc(C)ccc1C. The molecule has 5 nitrogen and oxygen atoms in total. The topological polar surface area (TPSA) is 72.5 Å². The van der Waals surface area contributed by atoms with Gasteiger partial charge in [0, 0.05) is 17.2 Å². The van der Waals surface area contributed by atoms with Crippen LogP contribution in [0.5, 0.6) is 0 Å². The summed E-state index contributed by atoms with van der Waals surface area (Å²) in [5.41, 5.74) is 2.77. The second-order valence-electron chi connectivity index (χ2n) is 7.03. The molecule has 1 N–H and O–H groups in total. The van der Waals surface area contributed by atoms with Gasteiger partial charge in [-0.05, 0) is 44.9 Å². The van der Waals surface area contributed by atoms with Crippen LogP contribution in [0.1, 0.15) is 64.1 Å². The predicted octanol–water partition coefficient (Wildman–Crippen LogP) is 4.00. The van der Waals surface area contributed by atoms with Crippen LogP contribution in [-0.2, 0) is 9.53 Å². The van der Waals surface area contributed by atoms with E-state index in [1.54, 1.807) is 18.2 Å². The van der Waals surface area contributed by atoms with Crippen molar-refractivity contribution in [1.29, 1.82) is 0 Å². The lowest BCUT2D eigenvalue weighted by atomic mass is 9.94. The van der Waals surface area contributed by atoms with Gasteiger partial charge in [0.1, 0.15) is 0 Å². The van der Waals surface area contributed by atoms with Gasteiger partial charge in [-0.25, -0.2) is 4.79 Å². The molecule has 0 aliphatic heterocycles. The number of benzene rings is 2. The first kappa shape index (κ1) is 21.4. The van der Waals surface area contributed by atoms with E-state index in [4.69, 9.17) is 4.74 Å². The zero-order valence-electron chi connectivity index (χ0n) is 16.9. The van der Waals surface area contributed by atoms with Gasteiger partial charge in [-0.2, -0.15) is 0 Å². The van der Waals surface area contributed by atoms with Crippen molar-refractivity contribution in [3.05, 3.63) is 70.3 Å². The minimum Gasteiger partial charge on any atom is -0.452 e. The van der Waals surface area contributed by atoms with Gasteiger partial charge in [0.05, 0.1) is 5.56 Å². The second kappa shape index (κ2) is 9.83. The van der Waals surface area contributed by atoms with Crippen molar-refractivity contribution in [3.8, 4) is 0 Å². The minimum atomic E-state index is -0.687. The Morgan fingerprint density at radius 2 is 1.68 bits per heavy atom. The summed E-state index contributed by atoms with van der Waals surface area (Å²) in [4.78, 5) is 37.5. The molecule has 1 amide bonds. The van der Waals surface area contributed by atoms with Crippen molar-refractivity contribution in [1.82, 2.24) is 5.32 Å². The molecule has 0 bridgehead atoms. The second-order valence-corrected chi connectivity index (χ2v) is 7.03. The third kappa shape index (κ3) is 5.52. The third-order valence-electron chi connectivity index (χ3n) is 4.49. The average Bonchev–Trinajstić information content (AvgIpc) is 2.67. The van der Waals surface area contributed by atoms with Crippen molar-refractivity contribution < 1.29 is 19.1 Å². The quantitative estimate of drug-likeness (QED) is 0.554. The van der Waals surface area contributed by atoms with Gasteiger partial charge in [-0.3, -0.25) is 9.59 Å². The Labute approximate surface area is 166 Å². The molecule has 0 spiro atoms. The lowest BCUT2D eigenvalue weighted by Gasteiger charge is -2.13. The van der Waals surface area contributed by atoms with Crippen molar-refractivity contribution in [2.24, 2.45) is 0 Å². The van der Waals surface area contributed by atoms with E-state index < -0.39 is 5.97 Å². The molecule has 0 aliphatic carbocycles. The average molecular weight is 381 g/mol. The smallest absolute Gasteiger partial charge is 0.339 e. The molecule has 1 atom stereocenters. The molecule has 0 aromatic heterocycles. The Hall–Kier alpha value is -2.95. The molecule has 2 rings (SSSR count). The van der Waals surface area contributed by atoms with E-state index in [0.717, 1.165) is 24.0 Å². The maximum absolute atomic E-state index is 13.0. The number of hydrogen-bond donors (Lipinski definition) is 1. The Morgan fingerprint density at radius 3 is 2.36 bits per heavy atom. The highest BCUT2D eigenvalue weighted by atomic mass is 16.5. The molecule has 2 aromatic carbocycles. The molecule has 1 unspecified atom stereocenters. The molecule has 0 heterocycles. The van der Waals surface area contributed by atoms with Gasteiger partial charge in [0.15, 0.2) is 12.4 Å². The number of carbonyl (C=O) groups excluding carboxylic acids is 3. The number of hydrogen-bond acceptors (Lipinski definition) is 4. The van der Waals surface area contributed by atoms with E-state index in [0.29, 0.717) is 5.56 Å². The van der Waals surface area contributed by atoms with Crippen LogP contribution in [0.25, 0.3) is 0 Å². The van der Waals surface area contributed by atoms with E-state index in [-0.39, 0.29) is 35.5 Å². The summed E-state index contributed by atoms with van der Waals surface area (Å²) in [5, 5.41) is 2.78. The number of ether oxygens (including phenoxy) is 1. The Bertz CT molecular complexity index is 873. The monoisotopic (exact) mass is 381 g/mol. The van der Waals surface area contributed by atoms with Crippen LogP contribution in [0.3, 0.4) is 0 Å². The van der Waals surface area contributed by atoms with Gasteiger partial charge in [0.25, 0.3) is 5.91 Å². The van der Waals surface area contributed by atoms with Gasteiger partial charge in [-0.15, -0.1) is 0 Å². The van der Waals surface area contributed by atoms with Crippen LogP contribution in [-0.4, -0.2) is 30.3 Å². The fraction of sp³-hybridized carbons (Fsp3) is 0.348. The number of rotatable bonds is 8. The van der Waals surface area contributed by atoms with E-state index in [1.807, 2.05) is 45.9 Å². The summed E-state index contributed by atoms with van der Waals surface area (Å²) < 4.78 is 5.15. The van der Waals surface area contributed by atoms with Crippen LogP contribution in [0, 0.1) is 13.8 Å². The molecule has 0 saturated carbocycles. The van der Waals surface area contributed by atoms with Crippen LogP contribution in [0.15, 0.2) is 42.5 Å². The maximum Gasteiger partial charge on any atom is 0.339 e. The fourth-order valence-electron chi connectivity index (χ4n) is 3.02. The largest absolute Gasteiger partial charge is 0.452 e. The number of carbonyl (C=O) groups is 3. The van der Waals surface area contributed by atoms with Crippen molar-refractivity contribution >= 4 is 17.7 Å². The minimum absolute atomic E-state index is 0.0226. The predicted molar refractivity (Wildman–Crippen MR) is 109 cm³/mol. The summed E-state index contributed by atoms with van der Waals surface area (Å²) in [6, 6.07) is 12.2. The Balaban J connectivity index is 2.15. The number of aryl methyl sites for hydroxylation is 2. The maximum atomic E-state index is 13.0. The van der Waals surface area contributed by atoms with E-state index in [9.17, 15) is 14.4 Å². The molecule has 2 aromatic rings. The number of amides is 1. The molecule has 0 saturated heterocycles. The van der Waals surface area contributed by atoms with Crippen LogP contribution < -0.4 is 5.32 Å². The zero-order chi connectivity index (χ0) is 20.7. The summed E-state index contributed by atoms with van der Waals surface area (Å²) in [6.07, 6.45) is 1.81. The van der Waals surface area contributed by atoms with Crippen molar-refractivity contribution in [2.75, 3.05) is 6.61 Å². The fourth-order valence-corrected chi connectivity index (χ4v) is 3.02. The molecule has 5 heteroatoms. The molecule has 148 valence electrons. The first-order valence-corrected chi connectivity index (χ1v) is 9.51.